The molecule has 0 spiro atoms. The van der Waals surface area contributed by atoms with Crippen LogP contribution in [0.3, 0.4) is 0 Å². The van der Waals surface area contributed by atoms with E-state index in [9.17, 15) is 0 Å². The number of nitrogens with zero attached hydrogens (tertiary/aromatic N) is 4. The van der Waals surface area contributed by atoms with Crippen molar-refractivity contribution in [2.75, 3.05) is 11.4 Å². The number of fused-ring (bicyclic) bond motifs is 9. The minimum atomic E-state index is -1.01. The number of aromatic nitrogens is 2. The molecule has 0 radical (unpaired) electrons. The summed E-state index contributed by atoms with van der Waals surface area (Å²) in [5, 5.41) is 8.62. The first-order chi connectivity index (χ1) is 29.6. The second kappa shape index (κ2) is 15.5. The Morgan fingerprint density at radius 3 is 1.98 bits per heavy atom. The van der Waals surface area contributed by atoms with Crippen LogP contribution in [-0.4, -0.2) is 15.9 Å². The summed E-state index contributed by atoms with van der Waals surface area (Å²) in [5.74, 6) is -1.01. The fourth-order valence-electron chi connectivity index (χ4n) is 10.5. The largest absolute Gasteiger partial charge is 3.00 e. The van der Waals surface area contributed by atoms with Gasteiger partial charge in [0, 0.05) is 28.5 Å². The Morgan fingerprint density at radius 2 is 1.32 bits per heavy atom. The minimum Gasteiger partial charge on any atom is -0.606 e. The maximum Gasteiger partial charge on any atom is 3.00 e. The topological polar surface area (TPSA) is 53.1 Å². The van der Waals surface area contributed by atoms with Crippen LogP contribution in [0.15, 0.2) is 115 Å². The summed E-state index contributed by atoms with van der Waals surface area (Å²) >= 11 is 0. The number of rotatable bonds is 4. The molecule has 6 aromatic carbocycles. The number of hydrogen-bond donors (Lipinski definition) is 0. The molecule has 3 aliphatic rings. The van der Waals surface area contributed by atoms with E-state index >= 15 is 0 Å². The van der Waals surface area contributed by atoms with Crippen molar-refractivity contribution in [1.29, 1.82) is 0 Å². The van der Waals surface area contributed by atoms with Gasteiger partial charge in [0.2, 0.25) is 0 Å². The van der Waals surface area contributed by atoms with Gasteiger partial charge in [-0.2, -0.15) is 24.3 Å². The summed E-state index contributed by atoms with van der Waals surface area (Å²) in [7, 11) is 0. The zero-order valence-corrected chi connectivity index (χ0v) is 40.4. The van der Waals surface area contributed by atoms with Gasteiger partial charge in [0.25, 0.3) is 0 Å². The summed E-state index contributed by atoms with van der Waals surface area (Å²) in [5.41, 5.74) is 17.3. The van der Waals surface area contributed by atoms with Crippen molar-refractivity contribution in [3.63, 3.8) is 0 Å². The van der Waals surface area contributed by atoms with Crippen molar-refractivity contribution in [1.82, 2.24) is 9.38 Å². The van der Waals surface area contributed by atoms with Gasteiger partial charge < -0.3 is 14.6 Å². The zero-order chi connectivity index (χ0) is 43.3. The van der Waals surface area contributed by atoms with E-state index < -0.39 is 11.6 Å². The molecule has 2 aromatic heterocycles. The predicted octanol–water partition coefficient (Wildman–Crippen LogP) is 13.8. The molecular weight excluding hydrogens is 953 g/mol. The molecule has 0 aliphatic carbocycles. The summed E-state index contributed by atoms with van der Waals surface area (Å²) in [4.78, 5) is 19.5. The average Bonchev–Trinajstić information content (AvgIpc) is 3.91. The van der Waals surface area contributed by atoms with Crippen LogP contribution in [0.25, 0.3) is 55.0 Å². The zero-order valence-electron chi connectivity index (χ0n) is 38.0. The van der Waals surface area contributed by atoms with Gasteiger partial charge >= 0.3 is 20.1 Å². The molecule has 320 valence electrons. The van der Waals surface area contributed by atoms with Gasteiger partial charge in [0.05, 0.1) is 17.2 Å². The average molecular weight is 1010 g/mol. The third-order valence-electron chi connectivity index (χ3n) is 12.8. The molecule has 2 bridgehead atoms. The van der Waals surface area contributed by atoms with E-state index in [0.29, 0.717) is 6.54 Å². The molecule has 2 atom stereocenters. The second-order valence-corrected chi connectivity index (χ2v) is 20.1. The van der Waals surface area contributed by atoms with Gasteiger partial charge in [-0.25, -0.2) is 9.78 Å². The summed E-state index contributed by atoms with van der Waals surface area (Å²) in [6, 6.07) is 45.8. The third-order valence-corrected chi connectivity index (χ3v) is 12.8. The standard InChI is InChI=1S/C28H28N2O2.C28H27N2.Ir/c1-18-9-8-10-19(2)25(18)27-17-29-28(32-31-27)23-12-7-6-11-21(23)22-15-20(16-26(3,4)5)13-14-24(22)30(27)28;1-18-9-8-10-19(2)26(18)25-17-29-27-22-12-7-6-11-21(22)23-15-20(16-28(3,4)5)13-14-24(23)30(25)27;/h6-11,13-15H,16-17H2,1-5H3;6-11,13-15,17H,16H2,1-5H3;/q-2;-1;+3. The van der Waals surface area contributed by atoms with Crippen molar-refractivity contribution < 1.29 is 29.9 Å². The predicted molar refractivity (Wildman–Crippen MR) is 253 cm³/mol. The van der Waals surface area contributed by atoms with Gasteiger partial charge in [-0.3, -0.25) is 4.98 Å². The van der Waals surface area contributed by atoms with E-state index in [1.807, 2.05) is 24.4 Å². The van der Waals surface area contributed by atoms with Gasteiger partial charge in [-0.15, -0.1) is 40.8 Å². The van der Waals surface area contributed by atoms with E-state index in [-0.39, 0.29) is 30.9 Å². The smallest absolute Gasteiger partial charge is 0.606 e. The van der Waals surface area contributed by atoms with Crippen LogP contribution in [0, 0.1) is 50.7 Å². The Hall–Kier alpha value is -5.14. The van der Waals surface area contributed by atoms with Gasteiger partial charge in [0.1, 0.15) is 0 Å². The van der Waals surface area contributed by atoms with Crippen molar-refractivity contribution in [3.05, 3.63) is 177 Å². The third kappa shape index (κ3) is 7.04. The van der Waals surface area contributed by atoms with E-state index in [1.165, 1.54) is 60.8 Å². The number of aryl methyl sites for hydroxylation is 4. The molecule has 5 heterocycles. The van der Waals surface area contributed by atoms with E-state index in [1.54, 1.807) is 0 Å². The molecule has 6 nitrogen and oxygen atoms in total. The molecule has 63 heavy (non-hydrogen) atoms. The van der Waals surface area contributed by atoms with Crippen LogP contribution in [-0.2, 0) is 54.3 Å². The molecule has 3 aliphatic heterocycles. The first kappa shape index (κ1) is 43.1. The molecule has 0 N–H and O–H groups in total. The van der Waals surface area contributed by atoms with E-state index in [2.05, 4.69) is 182 Å². The van der Waals surface area contributed by atoms with Crippen molar-refractivity contribution in [3.8, 4) is 22.4 Å². The Bertz CT molecular complexity index is 3030. The number of imidazole rings is 1. The number of pyridine rings is 1. The Kier molecular flexibility index (Phi) is 10.6. The molecule has 0 saturated carbocycles. The van der Waals surface area contributed by atoms with Crippen LogP contribution in [0.5, 0.6) is 0 Å². The van der Waals surface area contributed by atoms with Crippen LogP contribution in [0.1, 0.15) is 86.1 Å². The first-order valence-corrected chi connectivity index (χ1v) is 21.9. The fraction of sp³-hybridized carbons (Fsp3) is 0.304. The summed E-state index contributed by atoms with van der Waals surface area (Å²) in [6.07, 6.45) is 4.08. The molecular formula is C56H55IrN4O2. The Balaban J connectivity index is 0.000000158. The van der Waals surface area contributed by atoms with Crippen LogP contribution in [0.4, 0.5) is 5.69 Å². The maximum atomic E-state index is 6.26. The van der Waals surface area contributed by atoms with E-state index in [0.717, 1.165) is 51.9 Å². The molecule has 2 unspecified atom stereocenters. The van der Waals surface area contributed by atoms with Crippen LogP contribution >= 0.6 is 0 Å². The van der Waals surface area contributed by atoms with Crippen molar-refractivity contribution >= 4 is 33.0 Å². The van der Waals surface area contributed by atoms with E-state index in [4.69, 9.17) is 20.1 Å². The number of anilines is 1. The normalized spacial score (nSPS) is 18.8. The molecule has 8 aromatic rings. The monoisotopic (exact) mass is 1010 g/mol. The number of benzene rings is 6. The van der Waals surface area contributed by atoms with Crippen molar-refractivity contribution in [2.24, 2.45) is 10.8 Å². The Morgan fingerprint density at radius 1 is 0.683 bits per heavy atom. The van der Waals surface area contributed by atoms with Gasteiger partial charge in [-0.05, 0) is 108 Å². The van der Waals surface area contributed by atoms with Crippen molar-refractivity contribution in [2.45, 2.75) is 93.7 Å². The molecule has 7 heteroatoms. The maximum absolute atomic E-state index is 6.26. The molecule has 2 saturated heterocycles. The van der Waals surface area contributed by atoms with Crippen LogP contribution in [0.2, 0.25) is 0 Å². The molecule has 11 rings (SSSR count). The fourth-order valence-corrected chi connectivity index (χ4v) is 10.5. The van der Waals surface area contributed by atoms with Gasteiger partial charge in [-0.1, -0.05) is 114 Å². The SMILES string of the molecule is Cc1cccc(C)c1-c1cnc2c3[c-]cccc3c3cc(CC(C)(C)C)ccc3n12.Cc1cccc(C)c1C12C[N-]C3(OO1)c1[c-]cccc1-c1cc(CC(C)(C)C)ccc1N23.[Ir+3]. The second-order valence-electron chi connectivity index (χ2n) is 20.1. The first-order valence-electron chi connectivity index (χ1n) is 21.9. The molecule has 2 fully saturated rings. The molecule has 0 amide bonds. The van der Waals surface area contributed by atoms with Gasteiger partial charge in [0.15, 0.2) is 5.72 Å². The Labute approximate surface area is 385 Å². The number of hydrogen-bond acceptors (Lipinski definition) is 4. The summed E-state index contributed by atoms with van der Waals surface area (Å²) < 4.78 is 2.32. The minimum absolute atomic E-state index is 0. The summed E-state index contributed by atoms with van der Waals surface area (Å²) in [6.45, 7) is 22.8. The van der Waals surface area contributed by atoms with Crippen LogP contribution < -0.4 is 4.90 Å². The quantitative estimate of drug-likeness (QED) is 0.100.